The quantitative estimate of drug-likeness (QED) is 0.438. The summed E-state index contributed by atoms with van der Waals surface area (Å²) in [6, 6.07) is 0. The molecule has 6 heteroatoms. The van der Waals surface area contributed by atoms with E-state index in [1.54, 1.807) is 0 Å². The van der Waals surface area contributed by atoms with Gasteiger partial charge < -0.3 is 25.3 Å². The minimum absolute atomic E-state index is 0.156. The van der Waals surface area contributed by atoms with E-state index in [0.29, 0.717) is 12.8 Å². The number of rotatable bonds is 7. The molecule has 1 saturated heterocycles. The van der Waals surface area contributed by atoms with Crippen LogP contribution in [0.1, 0.15) is 19.8 Å². The average Bonchev–Trinajstić information content (AvgIpc) is 3.15. The second-order valence-electron chi connectivity index (χ2n) is 4.31. The van der Waals surface area contributed by atoms with Gasteiger partial charge in [-0.3, -0.25) is 4.79 Å². The fourth-order valence-corrected chi connectivity index (χ4v) is 1.03. The Labute approximate surface area is 101 Å². The summed E-state index contributed by atoms with van der Waals surface area (Å²) in [5.74, 6) is -0.697. The molecule has 0 bridgehead atoms. The smallest absolute Gasteiger partial charge is 0.304 e. The van der Waals surface area contributed by atoms with Crippen LogP contribution in [0.15, 0.2) is 0 Å². The minimum Gasteiger partial charge on any atom is -0.481 e. The van der Waals surface area contributed by atoms with Gasteiger partial charge in [0.2, 0.25) is 0 Å². The first-order valence-corrected chi connectivity index (χ1v) is 5.80. The molecule has 0 aliphatic carbocycles. The Hall–Kier alpha value is -0.690. The molecular weight excluding hydrogens is 226 g/mol. The molecule has 102 valence electrons. The van der Waals surface area contributed by atoms with Crippen LogP contribution < -0.4 is 0 Å². The molecular formula is C11H23NO5. The van der Waals surface area contributed by atoms with Gasteiger partial charge in [-0.1, -0.05) is 6.92 Å². The van der Waals surface area contributed by atoms with Gasteiger partial charge in [-0.05, 0) is 6.42 Å². The summed E-state index contributed by atoms with van der Waals surface area (Å²) in [6.07, 6.45) is 0.885. The SMILES string of the molecule is CCC(CO)(CO)CO.O=C(O)CCN1CC1. The lowest BCUT2D eigenvalue weighted by Gasteiger charge is -2.24. The Bertz CT molecular complexity index is 196. The Morgan fingerprint density at radius 2 is 1.65 bits per heavy atom. The molecule has 0 amide bonds. The molecule has 0 radical (unpaired) electrons. The molecule has 1 aliphatic heterocycles. The Morgan fingerprint density at radius 3 is 1.82 bits per heavy atom. The summed E-state index contributed by atoms with van der Waals surface area (Å²) in [5, 5.41) is 34.1. The van der Waals surface area contributed by atoms with Gasteiger partial charge in [-0.15, -0.1) is 0 Å². The van der Waals surface area contributed by atoms with E-state index in [9.17, 15) is 4.79 Å². The van der Waals surface area contributed by atoms with Crippen molar-refractivity contribution in [1.82, 2.24) is 4.90 Å². The van der Waals surface area contributed by atoms with Gasteiger partial charge in [0.05, 0.1) is 26.2 Å². The van der Waals surface area contributed by atoms with E-state index in [2.05, 4.69) is 4.90 Å². The van der Waals surface area contributed by atoms with Crippen LogP contribution in [0.25, 0.3) is 0 Å². The molecule has 4 N–H and O–H groups in total. The third kappa shape index (κ3) is 7.27. The molecule has 0 aromatic carbocycles. The van der Waals surface area contributed by atoms with Crippen molar-refractivity contribution < 1.29 is 25.2 Å². The van der Waals surface area contributed by atoms with Crippen LogP contribution in [0.4, 0.5) is 0 Å². The fraction of sp³-hybridized carbons (Fsp3) is 0.909. The Balaban J connectivity index is 0.000000302. The van der Waals surface area contributed by atoms with Gasteiger partial charge in [0.25, 0.3) is 0 Å². The van der Waals surface area contributed by atoms with Crippen molar-refractivity contribution in [3.63, 3.8) is 0 Å². The first-order chi connectivity index (χ1) is 8.03. The molecule has 0 atom stereocenters. The fourth-order valence-electron chi connectivity index (χ4n) is 1.03. The van der Waals surface area contributed by atoms with Crippen molar-refractivity contribution in [2.24, 2.45) is 5.41 Å². The summed E-state index contributed by atoms with van der Waals surface area (Å²) >= 11 is 0. The maximum atomic E-state index is 9.90. The number of aliphatic hydroxyl groups is 3. The molecule has 0 spiro atoms. The zero-order valence-electron chi connectivity index (χ0n) is 10.3. The van der Waals surface area contributed by atoms with Crippen molar-refractivity contribution in [3.8, 4) is 0 Å². The highest BCUT2D eigenvalue weighted by Gasteiger charge is 2.24. The first kappa shape index (κ1) is 16.3. The van der Waals surface area contributed by atoms with Gasteiger partial charge in [-0.25, -0.2) is 0 Å². The van der Waals surface area contributed by atoms with Gasteiger partial charge in [0.15, 0.2) is 0 Å². The van der Waals surface area contributed by atoms with E-state index in [1.165, 1.54) is 0 Å². The van der Waals surface area contributed by atoms with Crippen LogP contribution >= 0.6 is 0 Å². The molecule has 0 aromatic rings. The summed E-state index contributed by atoms with van der Waals surface area (Å²) in [5.41, 5.74) is -0.667. The predicted octanol–water partition coefficient (Wildman–Crippen LogP) is -0.864. The van der Waals surface area contributed by atoms with Crippen LogP contribution in [-0.2, 0) is 4.79 Å². The highest BCUT2D eigenvalue weighted by molar-refractivity contribution is 5.66. The number of nitrogens with zero attached hydrogens (tertiary/aromatic N) is 1. The Morgan fingerprint density at radius 1 is 1.18 bits per heavy atom. The summed E-state index contributed by atoms with van der Waals surface area (Å²) in [4.78, 5) is 12.0. The maximum absolute atomic E-state index is 9.90. The van der Waals surface area contributed by atoms with E-state index >= 15 is 0 Å². The molecule has 1 fully saturated rings. The standard InChI is InChI=1S/C6H14O3.C5H9NO2/c1-2-6(3-7,4-8)5-9;7-5(8)1-2-6-3-4-6/h7-9H,2-5H2,1H3;1-4H2,(H,7,8). The Kier molecular flexibility index (Phi) is 8.07. The molecule has 0 unspecified atom stereocenters. The second kappa shape index (κ2) is 8.41. The number of carboxylic acid groups (broad SMARTS) is 1. The monoisotopic (exact) mass is 249 g/mol. The van der Waals surface area contributed by atoms with Crippen molar-refractivity contribution in [3.05, 3.63) is 0 Å². The molecule has 0 saturated carbocycles. The maximum Gasteiger partial charge on any atom is 0.304 e. The molecule has 0 aromatic heterocycles. The average molecular weight is 249 g/mol. The third-order valence-corrected chi connectivity index (χ3v) is 2.94. The van der Waals surface area contributed by atoms with Crippen LogP contribution in [-0.4, -0.2) is 70.8 Å². The summed E-state index contributed by atoms with van der Waals surface area (Å²) < 4.78 is 0. The van der Waals surface area contributed by atoms with E-state index < -0.39 is 11.4 Å². The van der Waals surface area contributed by atoms with Crippen LogP contribution in [0.2, 0.25) is 0 Å². The second-order valence-corrected chi connectivity index (χ2v) is 4.31. The minimum atomic E-state index is -0.697. The number of hydrogen-bond acceptors (Lipinski definition) is 5. The number of hydrogen-bond donors (Lipinski definition) is 4. The van der Waals surface area contributed by atoms with Crippen molar-refractivity contribution in [2.45, 2.75) is 19.8 Å². The van der Waals surface area contributed by atoms with Crippen molar-refractivity contribution >= 4 is 5.97 Å². The van der Waals surface area contributed by atoms with E-state index in [4.69, 9.17) is 20.4 Å². The topological polar surface area (TPSA) is 101 Å². The van der Waals surface area contributed by atoms with Gasteiger partial charge in [0.1, 0.15) is 0 Å². The summed E-state index contributed by atoms with van der Waals surface area (Å²) in [7, 11) is 0. The predicted molar refractivity (Wildman–Crippen MR) is 62.7 cm³/mol. The van der Waals surface area contributed by atoms with Gasteiger partial charge in [-0.2, -0.15) is 0 Å². The van der Waals surface area contributed by atoms with Gasteiger partial charge in [0, 0.05) is 25.0 Å². The van der Waals surface area contributed by atoms with Gasteiger partial charge >= 0.3 is 5.97 Å². The van der Waals surface area contributed by atoms with E-state index in [1.807, 2.05) is 6.92 Å². The zero-order valence-corrected chi connectivity index (χ0v) is 10.3. The lowest BCUT2D eigenvalue weighted by Crippen LogP contribution is -2.32. The number of carbonyl (C=O) groups is 1. The van der Waals surface area contributed by atoms with E-state index in [0.717, 1.165) is 19.6 Å². The number of aliphatic hydroxyl groups excluding tert-OH is 3. The highest BCUT2D eigenvalue weighted by atomic mass is 16.4. The third-order valence-electron chi connectivity index (χ3n) is 2.94. The number of aliphatic carboxylic acids is 1. The molecule has 17 heavy (non-hydrogen) atoms. The summed E-state index contributed by atoms with van der Waals surface area (Å²) in [6.45, 7) is 4.27. The lowest BCUT2D eigenvalue weighted by molar-refractivity contribution is -0.137. The molecule has 1 heterocycles. The van der Waals surface area contributed by atoms with Crippen molar-refractivity contribution in [2.75, 3.05) is 39.5 Å². The molecule has 1 aliphatic rings. The lowest BCUT2D eigenvalue weighted by atomic mass is 9.88. The molecule has 6 nitrogen and oxygen atoms in total. The van der Waals surface area contributed by atoms with Crippen LogP contribution in [0.3, 0.4) is 0 Å². The zero-order chi connectivity index (χ0) is 13.3. The first-order valence-electron chi connectivity index (χ1n) is 5.80. The normalized spacial score (nSPS) is 15.1. The molecule has 1 rings (SSSR count). The van der Waals surface area contributed by atoms with E-state index in [-0.39, 0.29) is 19.8 Å². The van der Waals surface area contributed by atoms with Crippen LogP contribution in [0, 0.1) is 5.41 Å². The number of carboxylic acids is 1. The van der Waals surface area contributed by atoms with Crippen molar-refractivity contribution in [1.29, 1.82) is 0 Å². The highest BCUT2D eigenvalue weighted by Crippen LogP contribution is 2.18. The van der Waals surface area contributed by atoms with Crippen LogP contribution in [0.5, 0.6) is 0 Å². The largest absolute Gasteiger partial charge is 0.481 e.